The average Bonchev–Trinajstić information content (AvgIpc) is 3.51. The Morgan fingerprint density at radius 2 is 1.78 bits per heavy atom. The van der Waals surface area contributed by atoms with Crippen LogP contribution in [0.1, 0.15) is 61.9 Å². The van der Waals surface area contributed by atoms with Crippen molar-refractivity contribution in [3.05, 3.63) is 70.9 Å². The Labute approximate surface area is 209 Å². The molecule has 4 aromatic rings. The molecule has 0 radical (unpaired) electrons. The van der Waals surface area contributed by atoms with Gasteiger partial charge < -0.3 is 5.32 Å². The van der Waals surface area contributed by atoms with Crippen LogP contribution < -0.4 is 10.9 Å². The van der Waals surface area contributed by atoms with Crippen molar-refractivity contribution in [1.29, 1.82) is 0 Å². The Kier molecular flexibility index (Phi) is 5.84. The summed E-state index contributed by atoms with van der Waals surface area (Å²) in [6.07, 6.45) is 2.19. The maximum Gasteiger partial charge on any atom is 0.409 e. The van der Waals surface area contributed by atoms with Crippen molar-refractivity contribution in [3.8, 4) is 11.1 Å². The molecular weight excluding hydrogens is 487 g/mol. The fraction of sp³-hybridized carbons (Fsp3) is 0.360. The zero-order valence-electron chi connectivity index (χ0n) is 20.3. The first-order valence-electron chi connectivity index (χ1n) is 11.8. The second kappa shape index (κ2) is 8.79. The number of amides is 1. The van der Waals surface area contributed by atoms with Crippen LogP contribution in [0.2, 0.25) is 0 Å². The Morgan fingerprint density at radius 1 is 1.08 bits per heavy atom. The lowest BCUT2D eigenvalue weighted by molar-refractivity contribution is -0.163. The van der Waals surface area contributed by atoms with Gasteiger partial charge in [0.1, 0.15) is 6.04 Å². The number of carbonyl (C=O) groups excluding carboxylic acids is 1. The molecule has 1 aromatic carbocycles. The predicted octanol–water partition coefficient (Wildman–Crippen LogP) is 4.17. The molecule has 1 aliphatic carbocycles. The van der Waals surface area contributed by atoms with E-state index in [0.29, 0.717) is 28.6 Å². The second-order valence-electron chi connectivity index (χ2n) is 9.51. The molecule has 1 saturated carbocycles. The molecule has 1 amide bonds. The highest BCUT2D eigenvalue weighted by molar-refractivity contribution is 5.93. The van der Waals surface area contributed by atoms with Crippen LogP contribution in [0.15, 0.2) is 54.0 Å². The third kappa shape index (κ3) is 4.47. The zero-order chi connectivity index (χ0) is 26.5. The smallest absolute Gasteiger partial charge is 0.340 e. The molecule has 1 atom stereocenters. The molecule has 12 heteroatoms. The van der Waals surface area contributed by atoms with Crippen LogP contribution in [0.25, 0.3) is 22.2 Å². The number of fused-ring (bicyclic) bond motifs is 1. The van der Waals surface area contributed by atoms with E-state index in [1.54, 1.807) is 41.3 Å². The van der Waals surface area contributed by atoms with Gasteiger partial charge in [-0.1, -0.05) is 24.3 Å². The number of rotatable bonds is 6. The number of benzene rings is 1. The minimum absolute atomic E-state index is 0.0347. The van der Waals surface area contributed by atoms with Gasteiger partial charge in [-0.15, -0.1) is 0 Å². The minimum atomic E-state index is -4.58. The van der Waals surface area contributed by atoms with E-state index >= 15 is 0 Å². The lowest BCUT2D eigenvalue weighted by atomic mass is 10.0. The lowest BCUT2D eigenvalue weighted by Gasteiger charge is -2.19. The van der Waals surface area contributed by atoms with E-state index < -0.39 is 29.2 Å². The quantitative estimate of drug-likeness (QED) is 0.416. The summed E-state index contributed by atoms with van der Waals surface area (Å²) in [4.78, 5) is 38.2. The van der Waals surface area contributed by atoms with Gasteiger partial charge in [0, 0.05) is 18.4 Å². The normalized spacial score (nSPS) is 15.6. The van der Waals surface area contributed by atoms with Gasteiger partial charge in [0.15, 0.2) is 5.65 Å². The predicted molar refractivity (Wildman–Crippen MR) is 129 cm³/mol. The maximum absolute atomic E-state index is 13.1. The van der Waals surface area contributed by atoms with Crippen molar-refractivity contribution in [2.45, 2.75) is 57.4 Å². The molecular formula is C25H24F3N7O2. The molecule has 0 bridgehead atoms. The Morgan fingerprint density at radius 3 is 2.41 bits per heavy atom. The summed E-state index contributed by atoms with van der Waals surface area (Å²) in [6, 6.07) is 4.86. The highest BCUT2D eigenvalue weighted by Crippen LogP contribution is 2.46. The lowest BCUT2D eigenvalue weighted by Crippen LogP contribution is -2.36. The molecule has 3 aromatic heterocycles. The van der Waals surface area contributed by atoms with Gasteiger partial charge in [-0.3, -0.25) is 14.2 Å². The fourth-order valence-corrected chi connectivity index (χ4v) is 4.23. The summed E-state index contributed by atoms with van der Waals surface area (Å²) in [7, 11) is 0. The third-order valence-electron chi connectivity index (χ3n) is 6.63. The van der Waals surface area contributed by atoms with Crippen molar-refractivity contribution >= 4 is 16.9 Å². The van der Waals surface area contributed by atoms with Gasteiger partial charge >= 0.3 is 6.18 Å². The molecule has 192 valence electrons. The van der Waals surface area contributed by atoms with Crippen LogP contribution in [0, 0.1) is 0 Å². The molecule has 5 rings (SSSR count). The Hall–Kier alpha value is -4.09. The van der Waals surface area contributed by atoms with Gasteiger partial charge in [0.25, 0.3) is 11.5 Å². The number of nitrogens with one attached hydrogen (secondary N) is 1. The summed E-state index contributed by atoms with van der Waals surface area (Å²) in [5.41, 5.74) is 0.490. The van der Waals surface area contributed by atoms with Crippen molar-refractivity contribution in [3.63, 3.8) is 0 Å². The van der Waals surface area contributed by atoms with Gasteiger partial charge in [0.2, 0.25) is 5.82 Å². The molecule has 0 spiro atoms. The number of halogens is 3. The standard InChI is InChI=1S/C25H24F3N7O2/c1-14(2)35-21-17(11-31-35)10-30-20(32-21)22(36)33-24(8-9-24)18-6-4-16(5-7-18)19-12-29-13-34(23(19)37)15(3)25(26,27)28/h4-7,10-15H,8-9H2,1-3H3,(H,33,36)/t15-/m0/s1. The number of hydrogen-bond donors (Lipinski definition) is 1. The van der Waals surface area contributed by atoms with Crippen molar-refractivity contribution in [2.24, 2.45) is 0 Å². The molecule has 1 fully saturated rings. The van der Waals surface area contributed by atoms with Crippen molar-refractivity contribution in [2.75, 3.05) is 0 Å². The van der Waals surface area contributed by atoms with E-state index in [1.165, 1.54) is 6.20 Å². The molecule has 0 aliphatic heterocycles. The molecule has 1 N–H and O–H groups in total. The fourth-order valence-electron chi connectivity index (χ4n) is 4.23. The summed E-state index contributed by atoms with van der Waals surface area (Å²) < 4.78 is 41.7. The Balaban J connectivity index is 1.38. The number of aromatic nitrogens is 6. The summed E-state index contributed by atoms with van der Waals surface area (Å²) in [6.45, 7) is 4.84. The van der Waals surface area contributed by atoms with Crippen molar-refractivity contribution in [1.82, 2.24) is 34.6 Å². The number of alkyl halides is 3. The van der Waals surface area contributed by atoms with Gasteiger partial charge in [-0.2, -0.15) is 18.3 Å². The van der Waals surface area contributed by atoms with E-state index in [0.717, 1.165) is 24.2 Å². The van der Waals surface area contributed by atoms with Crippen LogP contribution in [0.3, 0.4) is 0 Å². The van der Waals surface area contributed by atoms with Crippen LogP contribution in [0.5, 0.6) is 0 Å². The van der Waals surface area contributed by atoms with E-state index in [-0.39, 0.29) is 17.4 Å². The Bertz CT molecular complexity index is 1540. The molecule has 9 nitrogen and oxygen atoms in total. The molecule has 0 saturated heterocycles. The maximum atomic E-state index is 13.1. The summed E-state index contributed by atoms with van der Waals surface area (Å²) in [5, 5.41) is 8.05. The van der Waals surface area contributed by atoms with Crippen LogP contribution in [0.4, 0.5) is 13.2 Å². The number of nitrogens with zero attached hydrogens (tertiary/aromatic N) is 6. The zero-order valence-corrected chi connectivity index (χ0v) is 20.3. The molecule has 1 aliphatic rings. The highest BCUT2D eigenvalue weighted by atomic mass is 19.4. The van der Waals surface area contributed by atoms with Gasteiger partial charge in [0.05, 0.1) is 29.0 Å². The average molecular weight is 512 g/mol. The number of hydrogen-bond acceptors (Lipinski definition) is 6. The van der Waals surface area contributed by atoms with E-state index in [2.05, 4.69) is 25.4 Å². The summed E-state index contributed by atoms with van der Waals surface area (Å²) in [5.74, 6) is -0.385. The molecule has 0 unspecified atom stereocenters. The second-order valence-corrected chi connectivity index (χ2v) is 9.51. The van der Waals surface area contributed by atoms with Crippen molar-refractivity contribution < 1.29 is 18.0 Å². The first kappa shape index (κ1) is 24.6. The van der Waals surface area contributed by atoms with Crippen LogP contribution in [-0.4, -0.2) is 41.4 Å². The van der Waals surface area contributed by atoms with Crippen LogP contribution in [-0.2, 0) is 5.54 Å². The topological polar surface area (TPSA) is 108 Å². The minimum Gasteiger partial charge on any atom is -0.340 e. The largest absolute Gasteiger partial charge is 0.409 e. The summed E-state index contributed by atoms with van der Waals surface area (Å²) >= 11 is 0. The SMILES string of the molecule is CC(C)n1ncc2cnc(C(=O)NC3(c4ccc(-c5cncn([C@@H](C)C(F)(F)F)c5=O)cc4)CC3)nc21. The molecule has 3 heterocycles. The monoisotopic (exact) mass is 511 g/mol. The van der Waals surface area contributed by atoms with Crippen LogP contribution >= 0.6 is 0 Å². The highest BCUT2D eigenvalue weighted by Gasteiger charge is 2.46. The van der Waals surface area contributed by atoms with E-state index in [9.17, 15) is 22.8 Å². The van der Waals surface area contributed by atoms with E-state index in [1.807, 2.05) is 13.8 Å². The first-order chi connectivity index (χ1) is 17.5. The van der Waals surface area contributed by atoms with Gasteiger partial charge in [-0.25, -0.2) is 19.6 Å². The van der Waals surface area contributed by atoms with Gasteiger partial charge in [-0.05, 0) is 44.7 Å². The third-order valence-corrected chi connectivity index (χ3v) is 6.63. The number of carbonyl (C=O) groups is 1. The molecule has 37 heavy (non-hydrogen) atoms. The van der Waals surface area contributed by atoms with E-state index in [4.69, 9.17) is 0 Å². The first-order valence-corrected chi connectivity index (χ1v) is 11.8.